The summed E-state index contributed by atoms with van der Waals surface area (Å²) in [5.74, 6) is -0.222. The Labute approximate surface area is 227 Å². The maximum absolute atomic E-state index is 13.9. The minimum absolute atomic E-state index is 0.0269. The maximum atomic E-state index is 13.9. The van der Waals surface area contributed by atoms with E-state index in [-0.39, 0.29) is 29.1 Å². The summed E-state index contributed by atoms with van der Waals surface area (Å²) in [7, 11) is 0. The van der Waals surface area contributed by atoms with Gasteiger partial charge in [0.25, 0.3) is 0 Å². The Morgan fingerprint density at radius 2 is 1.60 bits per heavy atom. The van der Waals surface area contributed by atoms with Gasteiger partial charge in [0.15, 0.2) is 12.4 Å². The lowest BCUT2D eigenvalue weighted by atomic mass is 9.98. The Bertz CT molecular complexity index is 1650. The third-order valence-electron chi connectivity index (χ3n) is 6.07. The van der Waals surface area contributed by atoms with Crippen LogP contribution in [-0.4, -0.2) is 28.5 Å². The lowest BCUT2D eigenvalue weighted by Gasteiger charge is -2.13. The van der Waals surface area contributed by atoms with Crippen LogP contribution in [0.15, 0.2) is 97.1 Å². The van der Waals surface area contributed by atoms with Gasteiger partial charge in [-0.25, -0.2) is 9.78 Å². The molecule has 1 aromatic heterocycles. The molecule has 10 heteroatoms. The predicted octanol–water partition coefficient (Wildman–Crippen LogP) is 7.10. The van der Waals surface area contributed by atoms with Crippen LogP contribution in [0.25, 0.3) is 22.2 Å². The first-order chi connectivity index (χ1) is 19.3. The number of ether oxygens (including phenoxy) is 1. The van der Waals surface area contributed by atoms with Gasteiger partial charge in [0.1, 0.15) is 0 Å². The number of nitrogens with zero attached hydrogens (tertiary/aromatic N) is 1. The van der Waals surface area contributed by atoms with E-state index in [9.17, 15) is 22.8 Å². The standard InChI is InChI=1S/C30H23F3N4O3/c31-30(32,33)24-16-26-25(15-23(24)20-10-5-2-6-11-20)36-28(37-26)35-22-13-7-12-21(14-22)27(38)18-40-29(39)34-17-19-8-3-1-4-9-19/h1-16H,17-18H2,(H,34,39)(H2,35,36,37). The molecule has 0 saturated heterocycles. The van der Waals surface area contributed by atoms with E-state index in [4.69, 9.17) is 4.74 Å². The van der Waals surface area contributed by atoms with E-state index in [1.165, 1.54) is 12.1 Å². The van der Waals surface area contributed by atoms with Crippen LogP contribution < -0.4 is 10.6 Å². The van der Waals surface area contributed by atoms with Crippen LogP contribution in [0.2, 0.25) is 0 Å². The number of fused-ring (bicyclic) bond motifs is 1. The second kappa shape index (κ2) is 11.3. The first-order valence-corrected chi connectivity index (χ1v) is 12.3. The van der Waals surface area contributed by atoms with Gasteiger partial charge < -0.3 is 20.4 Å². The van der Waals surface area contributed by atoms with Gasteiger partial charge in [-0.15, -0.1) is 0 Å². The zero-order valence-corrected chi connectivity index (χ0v) is 21.0. The number of anilines is 2. The van der Waals surface area contributed by atoms with Crippen molar-refractivity contribution in [3.8, 4) is 11.1 Å². The molecule has 40 heavy (non-hydrogen) atoms. The zero-order chi connectivity index (χ0) is 28.1. The minimum atomic E-state index is -4.56. The van der Waals surface area contributed by atoms with Gasteiger partial charge in [-0.2, -0.15) is 13.2 Å². The van der Waals surface area contributed by atoms with Crippen molar-refractivity contribution in [3.05, 3.63) is 114 Å². The van der Waals surface area contributed by atoms with E-state index in [0.717, 1.165) is 11.6 Å². The molecule has 5 aromatic rings. The lowest BCUT2D eigenvalue weighted by molar-refractivity contribution is -0.137. The molecule has 0 atom stereocenters. The second-order valence-electron chi connectivity index (χ2n) is 8.91. The van der Waals surface area contributed by atoms with Crippen molar-refractivity contribution in [1.82, 2.24) is 15.3 Å². The number of aromatic nitrogens is 2. The van der Waals surface area contributed by atoms with Gasteiger partial charge in [0, 0.05) is 17.8 Å². The Kier molecular flexibility index (Phi) is 7.50. The molecule has 0 saturated carbocycles. The van der Waals surface area contributed by atoms with Gasteiger partial charge >= 0.3 is 12.3 Å². The summed E-state index contributed by atoms with van der Waals surface area (Å²) in [6, 6.07) is 26.4. The third-order valence-corrected chi connectivity index (χ3v) is 6.07. The number of rotatable bonds is 8. The predicted molar refractivity (Wildman–Crippen MR) is 145 cm³/mol. The van der Waals surface area contributed by atoms with Crippen molar-refractivity contribution < 1.29 is 27.5 Å². The fourth-order valence-electron chi connectivity index (χ4n) is 4.15. The monoisotopic (exact) mass is 544 g/mol. The number of alkyl halides is 3. The fraction of sp³-hybridized carbons (Fsp3) is 0.100. The Balaban J connectivity index is 1.28. The SMILES string of the molecule is O=C(NCc1ccccc1)OCC(=O)c1cccc(Nc2nc3cc(-c4ccccc4)c(C(F)(F)F)cc3[nH]2)c1. The van der Waals surface area contributed by atoms with E-state index < -0.39 is 30.2 Å². The molecule has 0 aliphatic carbocycles. The summed E-state index contributed by atoms with van der Waals surface area (Å²) in [5, 5.41) is 5.57. The molecule has 0 bridgehead atoms. The van der Waals surface area contributed by atoms with Crippen LogP contribution in [0.1, 0.15) is 21.5 Å². The number of H-pyrrole nitrogens is 1. The van der Waals surface area contributed by atoms with E-state index in [1.54, 1.807) is 48.5 Å². The van der Waals surface area contributed by atoms with Crippen molar-refractivity contribution in [2.24, 2.45) is 0 Å². The van der Waals surface area contributed by atoms with Gasteiger partial charge in [0.05, 0.1) is 16.6 Å². The number of nitrogens with one attached hydrogen (secondary N) is 3. The smallest absolute Gasteiger partial charge is 0.417 e. The molecule has 0 aliphatic rings. The van der Waals surface area contributed by atoms with Gasteiger partial charge in [0.2, 0.25) is 5.95 Å². The summed E-state index contributed by atoms with van der Waals surface area (Å²) in [6.45, 7) is -0.195. The molecule has 0 aliphatic heterocycles. The number of carbonyl (C=O) groups excluding carboxylic acids is 2. The average Bonchev–Trinajstić information content (AvgIpc) is 3.36. The molecule has 202 valence electrons. The van der Waals surface area contributed by atoms with Crippen molar-refractivity contribution in [2.75, 3.05) is 11.9 Å². The molecule has 1 amide bonds. The van der Waals surface area contributed by atoms with Gasteiger partial charge in [-0.1, -0.05) is 72.8 Å². The van der Waals surface area contributed by atoms with E-state index in [1.807, 2.05) is 30.3 Å². The molecular weight excluding hydrogens is 521 g/mol. The summed E-state index contributed by atoms with van der Waals surface area (Å²) < 4.78 is 46.6. The van der Waals surface area contributed by atoms with Crippen molar-refractivity contribution >= 4 is 34.5 Å². The van der Waals surface area contributed by atoms with Crippen LogP contribution in [0, 0.1) is 0 Å². The number of ketones is 1. The van der Waals surface area contributed by atoms with Crippen LogP contribution in [0.4, 0.5) is 29.6 Å². The summed E-state index contributed by atoms with van der Waals surface area (Å²) >= 11 is 0. The summed E-state index contributed by atoms with van der Waals surface area (Å²) in [4.78, 5) is 31.8. The molecule has 0 spiro atoms. The third kappa shape index (κ3) is 6.29. The number of benzene rings is 4. The van der Waals surface area contributed by atoms with Crippen LogP contribution in [-0.2, 0) is 17.5 Å². The van der Waals surface area contributed by atoms with E-state index in [2.05, 4.69) is 20.6 Å². The Morgan fingerprint density at radius 1 is 0.875 bits per heavy atom. The van der Waals surface area contributed by atoms with E-state index >= 15 is 0 Å². The molecule has 1 heterocycles. The van der Waals surface area contributed by atoms with Gasteiger partial charge in [-0.3, -0.25) is 4.79 Å². The number of carbonyl (C=O) groups is 2. The molecule has 4 aromatic carbocycles. The summed E-state index contributed by atoms with van der Waals surface area (Å²) in [5.41, 5.74) is 1.87. The fourth-order valence-corrected chi connectivity index (χ4v) is 4.15. The van der Waals surface area contributed by atoms with E-state index in [0.29, 0.717) is 16.8 Å². The largest absolute Gasteiger partial charge is 0.441 e. The molecule has 0 radical (unpaired) electrons. The lowest BCUT2D eigenvalue weighted by Crippen LogP contribution is -2.26. The number of Topliss-reactive ketones (excluding diaryl/α,β-unsaturated/α-hetero) is 1. The number of aromatic amines is 1. The number of halogens is 3. The highest BCUT2D eigenvalue weighted by atomic mass is 19.4. The first-order valence-electron chi connectivity index (χ1n) is 12.3. The molecule has 3 N–H and O–H groups in total. The quantitative estimate of drug-likeness (QED) is 0.181. The second-order valence-corrected chi connectivity index (χ2v) is 8.91. The Morgan fingerprint density at radius 3 is 2.33 bits per heavy atom. The number of hydrogen-bond acceptors (Lipinski definition) is 5. The highest BCUT2D eigenvalue weighted by Crippen LogP contribution is 2.39. The summed E-state index contributed by atoms with van der Waals surface area (Å²) in [6.07, 6.45) is -5.28. The maximum Gasteiger partial charge on any atom is 0.417 e. The molecular formula is C30H23F3N4O3. The van der Waals surface area contributed by atoms with Crippen LogP contribution in [0.5, 0.6) is 0 Å². The Hall–Kier alpha value is -5.12. The molecule has 0 unspecified atom stereocenters. The van der Waals surface area contributed by atoms with Crippen molar-refractivity contribution in [2.45, 2.75) is 12.7 Å². The van der Waals surface area contributed by atoms with Crippen LogP contribution >= 0.6 is 0 Å². The van der Waals surface area contributed by atoms with Crippen molar-refractivity contribution in [1.29, 1.82) is 0 Å². The number of hydrogen-bond donors (Lipinski definition) is 3. The molecule has 7 nitrogen and oxygen atoms in total. The zero-order valence-electron chi connectivity index (χ0n) is 21.0. The van der Waals surface area contributed by atoms with Gasteiger partial charge in [-0.05, 0) is 41.0 Å². The number of imidazole rings is 1. The average molecular weight is 545 g/mol. The van der Waals surface area contributed by atoms with Crippen molar-refractivity contribution in [3.63, 3.8) is 0 Å². The highest BCUT2D eigenvalue weighted by molar-refractivity contribution is 5.98. The number of alkyl carbamates (subject to hydrolysis) is 1. The minimum Gasteiger partial charge on any atom is -0.441 e. The molecule has 5 rings (SSSR count). The molecule has 0 fully saturated rings. The normalized spacial score (nSPS) is 11.3. The highest BCUT2D eigenvalue weighted by Gasteiger charge is 2.34. The number of amides is 1. The van der Waals surface area contributed by atoms with Crippen LogP contribution in [0.3, 0.4) is 0 Å². The topological polar surface area (TPSA) is 96.1 Å². The first kappa shape index (κ1) is 26.5.